The highest BCUT2D eigenvalue weighted by molar-refractivity contribution is 5.06. The number of aromatic nitrogens is 1. The van der Waals surface area contributed by atoms with Crippen molar-refractivity contribution in [3.8, 4) is 0 Å². The third kappa shape index (κ3) is 4.52. The van der Waals surface area contributed by atoms with Crippen LogP contribution in [0.25, 0.3) is 0 Å². The summed E-state index contributed by atoms with van der Waals surface area (Å²) < 4.78 is 2.29. The number of rotatable bonds is 7. The normalized spacial score (nSPS) is 11.2. The first-order chi connectivity index (χ1) is 7.24. The molecule has 1 rings (SSSR count). The topological polar surface area (TPSA) is 17.0 Å². The van der Waals surface area contributed by atoms with Gasteiger partial charge in [-0.25, -0.2) is 0 Å². The second-order valence-corrected chi connectivity index (χ2v) is 4.50. The summed E-state index contributed by atoms with van der Waals surface area (Å²) in [4.78, 5) is 0. The lowest BCUT2D eigenvalue weighted by Crippen LogP contribution is -2.17. The van der Waals surface area contributed by atoms with Gasteiger partial charge in [0.05, 0.1) is 0 Å². The lowest BCUT2D eigenvalue weighted by molar-refractivity contribution is 0.521. The first-order valence-corrected chi connectivity index (χ1v) is 6.08. The summed E-state index contributed by atoms with van der Waals surface area (Å²) >= 11 is 0. The first kappa shape index (κ1) is 12.3. The molecule has 2 heteroatoms. The molecule has 0 radical (unpaired) electrons. The van der Waals surface area contributed by atoms with Crippen LogP contribution in [0.3, 0.4) is 0 Å². The van der Waals surface area contributed by atoms with E-state index in [4.69, 9.17) is 0 Å². The van der Waals surface area contributed by atoms with Crippen LogP contribution in [0.4, 0.5) is 0 Å². The van der Waals surface area contributed by atoms with Gasteiger partial charge in [0, 0.05) is 25.0 Å². The minimum Gasteiger partial charge on any atom is -0.351 e. The van der Waals surface area contributed by atoms with Gasteiger partial charge >= 0.3 is 0 Å². The van der Waals surface area contributed by atoms with Crippen molar-refractivity contribution in [3.63, 3.8) is 0 Å². The molecule has 1 N–H and O–H groups in total. The largest absolute Gasteiger partial charge is 0.351 e. The Hall–Kier alpha value is -0.760. The van der Waals surface area contributed by atoms with Gasteiger partial charge in [-0.1, -0.05) is 13.8 Å². The van der Waals surface area contributed by atoms with Gasteiger partial charge in [0.15, 0.2) is 0 Å². The molecule has 15 heavy (non-hydrogen) atoms. The van der Waals surface area contributed by atoms with E-state index in [1.807, 2.05) is 0 Å². The Morgan fingerprint density at radius 2 is 2.20 bits per heavy atom. The summed E-state index contributed by atoms with van der Waals surface area (Å²) in [7, 11) is 0. The van der Waals surface area contributed by atoms with Gasteiger partial charge in [0.1, 0.15) is 0 Å². The van der Waals surface area contributed by atoms with Crippen molar-refractivity contribution < 1.29 is 0 Å². The minimum atomic E-state index is 0.825. The zero-order valence-corrected chi connectivity index (χ0v) is 10.3. The molecule has 0 saturated heterocycles. The number of nitrogens with one attached hydrogen (secondary N) is 1. The zero-order chi connectivity index (χ0) is 11.1. The Balaban J connectivity index is 2.15. The summed E-state index contributed by atoms with van der Waals surface area (Å²) in [5.74, 6) is 0.825. The maximum Gasteiger partial charge on any atom is 0.0359 e. The van der Waals surface area contributed by atoms with E-state index in [9.17, 15) is 0 Å². The highest BCUT2D eigenvalue weighted by atomic mass is 15.0. The molecule has 2 nitrogen and oxygen atoms in total. The van der Waals surface area contributed by atoms with E-state index in [2.05, 4.69) is 49.0 Å². The fourth-order valence-electron chi connectivity index (χ4n) is 1.77. The molecule has 0 aliphatic carbocycles. The summed E-state index contributed by atoms with van der Waals surface area (Å²) in [6, 6.07) is 4.31. The molecular weight excluding hydrogens is 184 g/mol. The molecule has 0 unspecified atom stereocenters. The van der Waals surface area contributed by atoms with Crippen molar-refractivity contribution >= 4 is 0 Å². The van der Waals surface area contributed by atoms with Crippen LogP contribution in [0.15, 0.2) is 18.3 Å². The van der Waals surface area contributed by atoms with Crippen LogP contribution in [0, 0.1) is 5.92 Å². The van der Waals surface area contributed by atoms with Gasteiger partial charge in [-0.15, -0.1) is 0 Å². The Labute approximate surface area is 93.7 Å². The Morgan fingerprint density at radius 1 is 1.40 bits per heavy atom. The smallest absolute Gasteiger partial charge is 0.0359 e. The van der Waals surface area contributed by atoms with Gasteiger partial charge in [0.2, 0.25) is 0 Å². The predicted octanol–water partition coefficient (Wildman–Crippen LogP) is 3.03. The van der Waals surface area contributed by atoms with E-state index in [0.717, 1.165) is 25.6 Å². The summed E-state index contributed by atoms with van der Waals surface area (Å²) in [6.07, 6.45) is 4.75. The SMILES string of the molecule is CCn1cccc1CNCCCC(C)C. The molecule has 1 aromatic rings. The van der Waals surface area contributed by atoms with Gasteiger partial charge in [-0.05, 0) is 44.4 Å². The van der Waals surface area contributed by atoms with E-state index < -0.39 is 0 Å². The average molecular weight is 208 g/mol. The third-order valence-corrected chi connectivity index (χ3v) is 2.71. The van der Waals surface area contributed by atoms with Gasteiger partial charge in [0.25, 0.3) is 0 Å². The molecule has 86 valence electrons. The van der Waals surface area contributed by atoms with Crippen molar-refractivity contribution in [2.75, 3.05) is 6.54 Å². The number of aryl methyl sites for hydroxylation is 1. The van der Waals surface area contributed by atoms with Crippen molar-refractivity contribution in [2.24, 2.45) is 5.92 Å². The Kier molecular flexibility index (Phi) is 5.48. The van der Waals surface area contributed by atoms with Gasteiger partial charge in [-0.3, -0.25) is 0 Å². The molecule has 0 atom stereocenters. The molecule has 1 aromatic heterocycles. The van der Waals surface area contributed by atoms with Crippen LogP contribution in [0.1, 0.15) is 39.3 Å². The van der Waals surface area contributed by atoms with Crippen LogP contribution < -0.4 is 5.32 Å². The van der Waals surface area contributed by atoms with E-state index in [0.29, 0.717) is 0 Å². The molecule has 0 bridgehead atoms. The Bertz CT molecular complexity index is 263. The van der Waals surface area contributed by atoms with Gasteiger partial charge in [-0.2, -0.15) is 0 Å². The Morgan fingerprint density at radius 3 is 2.87 bits per heavy atom. The quantitative estimate of drug-likeness (QED) is 0.682. The van der Waals surface area contributed by atoms with Gasteiger partial charge < -0.3 is 9.88 Å². The first-order valence-electron chi connectivity index (χ1n) is 6.08. The number of hydrogen-bond acceptors (Lipinski definition) is 1. The van der Waals surface area contributed by atoms with Crippen LogP contribution in [0.5, 0.6) is 0 Å². The van der Waals surface area contributed by atoms with E-state index in [-0.39, 0.29) is 0 Å². The number of nitrogens with zero attached hydrogens (tertiary/aromatic N) is 1. The molecule has 0 aliphatic heterocycles. The molecule has 0 aromatic carbocycles. The fraction of sp³-hybridized carbons (Fsp3) is 0.692. The zero-order valence-electron chi connectivity index (χ0n) is 10.3. The monoisotopic (exact) mass is 208 g/mol. The van der Waals surface area contributed by atoms with Crippen LogP contribution >= 0.6 is 0 Å². The highest BCUT2D eigenvalue weighted by Crippen LogP contribution is 2.03. The third-order valence-electron chi connectivity index (χ3n) is 2.71. The molecule has 0 aliphatic rings. The van der Waals surface area contributed by atoms with Crippen molar-refractivity contribution in [1.29, 1.82) is 0 Å². The fourth-order valence-corrected chi connectivity index (χ4v) is 1.77. The second kappa shape index (κ2) is 6.67. The summed E-state index contributed by atoms with van der Waals surface area (Å²) in [6.45, 7) is 9.94. The second-order valence-electron chi connectivity index (χ2n) is 4.50. The molecule has 1 heterocycles. The van der Waals surface area contributed by atoms with Crippen molar-refractivity contribution in [2.45, 2.75) is 46.7 Å². The molecule has 0 saturated carbocycles. The predicted molar refractivity (Wildman–Crippen MR) is 65.9 cm³/mol. The maximum atomic E-state index is 3.50. The van der Waals surface area contributed by atoms with Crippen LogP contribution in [-0.4, -0.2) is 11.1 Å². The summed E-state index contributed by atoms with van der Waals surface area (Å²) in [5, 5.41) is 3.50. The van der Waals surface area contributed by atoms with Crippen molar-refractivity contribution in [1.82, 2.24) is 9.88 Å². The lowest BCUT2D eigenvalue weighted by Gasteiger charge is -2.08. The highest BCUT2D eigenvalue weighted by Gasteiger charge is 1.98. The maximum absolute atomic E-state index is 3.50. The molecule has 0 fully saturated rings. The van der Waals surface area contributed by atoms with Crippen LogP contribution in [-0.2, 0) is 13.1 Å². The van der Waals surface area contributed by atoms with E-state index >= 15 is 0 Å². The lowest BCUT2D eigenvalue weighted by atomic mass is 10.1. The molecule has 0 spiro atoms. The molecular formula is C13H24N2. The number of hydrogen-bond donors (Lipinski definition) is 1. The van der Waals surface area contributed by atoms with Crippen LogP contribution in [0.2, 0.25) is 0 Å². The van der Waals surface area contributed by atoms with E-state index in [1.54, 1.807) is 0 Å². The van der Waals surface area contributed by atoms with Crippen molar-refractivity contribution in [3.05, 3.63) is 24.0 Å². The summed E-state index contributed by atoms with van der Waals surface area (Å²) in [5.41, 5.74) is 1.39. The molecule has 0 amide bonds. The van der Waals surface area contributed by atoms with E-state index in [1.165, 1.54) is 18.5 Å². The minimum absolute atomic E-state index is 0.825. The average Bonchev–Trinajstić information content (AvgIpc) is 2.64. The standard InChI is InChI=1S/C13H24N2/c1-4-15-10-6-8-13(15)11-14-9-5-7-12(2)3/h6,8,10,12,14H,4-5,7,9,11H2,1-3H3.